The maximum absolute atomic E-state index is 10.1. The molecule has 0 bridgehead atoms. The van der Waals surface area contributed by atoms with Gasteiger partial charge in [-0.3, -0.25) is 0 Å². The minimum Gasteiger partial charge on any atom is -0.388 e. The summed E-state index contributed by atoms with van der Waals surface area (Å²) in [5.74, 6) is 0. The van der Waals surface area contributed by atoms with E-state index in [1.807, 2.05) is 48.5 Å². The zero-order valence-corrected chi connectivity index (χ0v) is 8.80. The second kappa shape index (κ2) is 3.65. The molecule has 3 rings (SSSR count). The van der Waals surface area contributed by atoms with Crippen LogP contribution in [0.5, 0.6) is 0 Å². The van der Waals surface area contributed by atoms with Crippen molar-refractivity contribution < 1.29 is 5.11 Å². The van der Waals surface area contributed by atoms with Crippen molar-refractivity contribution in [2.24, 2.45) is 0 Å². The van der Waals surface area contributed by atoms with E-state index >= 15 is 0 Å². The van der Waals surface area contributed by atoms with Gasteiger partial charge in [-0.25, -0.2) is 5.32 Å². The fourth-order valence-electron chi connectivity index (χ4n) is 2.11. The molecule has 2 nitrogen and oxygen atoms in total. The minimum atomic E-state index is -0.455. The fraction of sp³-hybridized carbons (Fsp3) is 0.143. The number of benzene rings is 2. The lowest BCUT2D eigenvalue weighted by molar-refractivity contribution is 0.180. The Kier molecular flexibility index (Phi) is 2.15. The molecule has 0 aliphatic carbocycles. The summed E-state index contributed by atoms with van der Waals surface area (Å²) < 4.78 is 0. The van der Waals surface area contributed by atoms with Gasteiger partial charge in [0.2, 0.25) is 0 Å². The molecule has 0 fully saturated rings. The topological polar surface area (TPSA) is 34.3 Å². The maximum Gasteiger partial charge on any atom is 0.0852 e. The molecule has 1 N–H and O–H groups in total. The van der Waals surface area contributed by atoms with Crippen molar-refractivity contribution in [1.29, 1.82) is 0 Å². The lowest BCUT2D eigenvalue weighted by Gasteiger charge is -2.09. The maximum atomic E-state index is 10.1. The SMILES string of the molecule is OC1Cc2ccccc2[N]c2ccccc21. The summed E-state index contributed by atoms with van der Waals surface area (Å²) in [6.45, 7) is 0. The third-order valence-corrected chi connectivity index (χ3v) is 2.94. The number of aliphatic hydroxyl groups excluding tert-OH is 1. The van der Waals surface area contributed by atoms with E-state index in [1.54, 1.807) is 0 Å². The molecule has 1 atom stereocenters. The first kappa shape index (κ1) is 9.43. The van der Waals surface area contributed by atoms with Gasteiger partial charge in [0.05, 0.1) is 17.5 Å². The number of hydrogen-bond acceptors (Lipinski definition) is 1. The summed E-state index contributed by atoms with van der Waals surface area (Å²) in [6.07, 6.45) is 0.181. The Balaban J connectivity index is 2.15. The number of hydrogen-bond donors (Lipinski definition) is 1. The predicted molar refractivity (Wildman–Crippen MR) is 63.0 cm³/mol. The van der Waals surface area contributed by atoms with Crippen molar-refractivity contribution in [1.82, 2.24) is 5.32 Å². The van der Waals surface area contributed by atoms with E-state index in [2.05, 4.69) is 5.32 Å². The van der Waals surface area contributed by atoms with Crippen molar-refractivity contribution >= 4 is 11.4 Å². The molecular formula is C14H12NO. The lowest BCUT2D eigenvalue weighted by atomic mass is 10.0. The molecule has 0 saturated heterocycles. The van der Waals surface area contributed by atoms with Crippen LogP contribution >= 0.6 is 0 Å². The van der Waals surface area contributed by atoms with E-state index in [4.69, 9.17) is 0 Å². The highest BCUT2D eigenvalue weighted by molar-refractivity contribution is 5.59. The smallest absolute Gasteiger partial charge is 0.0852 e. The van der Waals surface area contributed by atoms with E-state index < -0.39 is 6.10 Å². The molecule has 16 heavy (non-hydrogen) atoms. The molecule has 1 aliphatic rings. The summed E-state index contributed by atoms with van der Waals surface area (Å²) in [7, 11) is 0. The summed E-state index contributed by atoms with van der Waals surface area (Å²) in [4.78, 5) is 0. The van der Waals surface area contributed by atoms with Crippen molar-refractivity contribution in [3.05, 3.63) is 59.7 Å². The van der Waals surface area contributed by atoms with E-state index in [9.17, 15) is 5.11 Å². The van der Waals surface area contributed by atoms with Gasteiger partial charge >= 0.3 is 0 Å². The number of nitrogens with zero attached hydrogens (tertiary/aromatic N) is 1. The van der Waals surface area contributed by atoms with Crippen molar-refractivity contribution in [3.63, 3.8) is 0 Å². The highest BCUT2D eigenvalue weighted by atomic mass is 16.3. The normalized spacial score (nSPS) is 17.9. The van der Waals surface area contributed by atoms with E-state index in [0.717, 1.165) is 22.5 Å². The largest absolute Gasteiger partial charge is 0.388 e. The van der Waals surface area contributed by atoms with Gasteiger partial charge in [-0.15, -0.1) is 0 Å². The van der Waals surface area contributed by atoms with Gasteiger partial charge in [0.15, 0.2) is 0 Å². The van der Waals surface area contributed by atoms with Crippen LogP contribution < -0.4 is 5.32 Å². The summed E-state index contributed by atoms with van der Waals surface area (Å²) >= 11 is 0. The zero-order chi connectivity index (χ0) is 11.0. The van der Waals surface area contributed by atoms with Gasteiger partial charge in [0.25, 0.3) is 0 Å². The number of fused-ring (bicyclic) bond motifs is 2. The van der Waals surface area contributed by atoms with Crippen LogP contribution in [0, 0.1) is 0 Å². The molecule has 2 heteroatoms. The number of aliphatic hydroxyl groups is 1. The predicted octanol–water partition coefficient (Wildman–Crippen LogP) is 2.84. The lowest BCUT2D eigenvalue weighted by Crippen LogP contribution is -1.99. The zero-order valence-electron chi connectivity index (χ0n) is 8.80. The van der Waals surface area contributed by atoms with Crippen LogP contribution in [0.2, 0.25) is 0 Å². The van der Waals surface area contributed by atoms with Crippen LogP contribution in [0.1, 0.15) is 17.2 Å². The molecule has 0 spiro atoms. The van der Waals surface area contributed by atoms with Crippen molar-refractivity contribution in [2.75, 3.05) is 0 Å². The molecule has 1 aliphatic heterocycles. The van der Waals surface area contributed by atoms with Gasteiger partial charge in [-0.05, 0) is 17.7 Å². The molecule has 1 radical (unpaired) electrons. The third kappa shape index (κ3) is 1.48. The molecule has 1 heterocycles. The third-order valence-electron chi connectivity index (χ3n) is 2.94. The van der Waals surface area contributed by atoms with Crippen LogP contribution in [-0.4, -0.2) is 5.11 Å². The quantitative estimate of drug-likeness (QED) is 0.712. The first-order valence-corrected chi connectivity index (χ1v) is 5.41. The fourth-order valence-corrected chi connectivity index (χ4v) is 2.11. The van der Waals surface area contributed by atoms with Gasteiger partial charge < -0.3 is 5.11 Å². The van der Waals surface area contributed by atoms with Crippen molar-refractivity contribution in [2.45, 2.75) is 12.5 Å². The molecule has 0 amide bonds. The summed E-state index contributed by atoms with van der Waals surface area (Å²) in [6, 6.07) is 15.7. The Morgan fingerprint density at radius 1 is 0.938 bits per heavy atom. The number of para-hydroxylation sites is 2. The van der Waals surface area contributed by atoms with Gasteiger partial charge in [-0.2, -0.15) is 0 Å². The second-order valence-electron chi connectivity index (χ2n) is 4.02. The molecular weight excluding hydrogens is 198 g/mol. The van der Waals surface area contributed by atoms with E-state index in [1.165, 1.54) is 0 Å². The van der Waals surface area contributed by atoms with Crippen LogP contribution in [0.15, 0.2) is 48.5 Å². The highest BCUT2D eigenvalue weighted by Crippen LogP contribution is 2.34. The van der Waals surface area contributed by atoms with Crippen LogP contribution in [0.3, 0.4) is 0 Å². The van der Waals surface area contributed by atoms with Gasteiger partial charge in [0, 0.05) is 12.0 Å². The van der Waals surface area contributed by atoms with Crippen LogP contribution in [0.4, 0.5) is 11.4 Å². The number of rotatable bonds is 0. The summed E-state index contributed by atoms with van der Waals surface area (Å²) in [5, 5.41) is 14.7. The van der Waals surface area contributed by atoms with Crippen molar-refractivity contribution in [3.8, 4) is 0 Å². The second-order valence-corrected chi connectivity index (χ2v) is 4.02. The van der Waals surface area contributed by atoms with E-state index in [-0.39, 0.29) is 0 Å². The standard InChI is InChI=1S/C14H12NO/c16-14-9-10-5-1-3-7-12(10)15-13-8-4-2-6-11(13)14/h1-8,14,16H,9H2. The Morgan fingerprint density at radius 3 is 2.50 bits per heavy atom. The van der Waals surface area contributed by atoms with Gasteiger partial charge in [0.1, 0.15) is 0 Å². The first-order valence-electron chi connectivity index (χ1n) is 5.41. The Bertz CT molecular complexity index is 522. The highest BCUT2D eigenvalue weighted by Gasteiger charge is 2.19. The molecule has 1 unspecified atom stereocenters. The Hall–Kier alpha value is -1.80. The minimum absolute atomic E-state index is 0.455. The van der Waals surface area contributed by atoms with Crippen LogP contribution in [0.25, 0.3) is 0 Å². The molecule has 2 aromatic rings. The molecule has 0 aromatic heterocycles. The molecule has 79 valence electrons. The average Bonchev–Trinajstić information content (AvgIpc) is 2.45. The van der Waals surface area contributed by atoms with E-state index in [0.29, 0.717) is 6.42 Å². The average molecular weight is 210 g/mol. The Morgan fingerprint density at radius 2 is 1.62 bits per heavy atom. The molecule has 0 saturated carbocycles. The first-order chi connectivity index (χ1) is 7.84. The van der Waals surface area contributed by atoms with Crippen LogP contribution in [-0.2, 0) is 6.42 Å². The molecule has 2 aromatic carbocycles. The Labute approximate surface area is 94.6 Å². The monoisotopic (exact) mass is 210 g/mol. The summed E-state index contributed by atoms with van der Waals surface area (Å²) in [5.41, 5.74) is 3.86. The van der Waals surface area contributed by atoms with Gasteiger partial charge in [-0.1, -0.05) is 36.4 Å².